The van der Waals surface area contributed by atoms with E-state index in [1.54, 1.807) is 24.3 Å². The first kappa shape index (κ1) is 22.0. The van der Waals surface area contributed by atoms with Crippen LogP contribution in [0.15, 0.2) is 66.0 Å². The number of anilines is 2. The molecule has 4 amide bonds. The molecule has 2 heterocycles. The number of halogens is 1. The van der Waals surface area contributed by atoms with Gasteiger partial charge >= 0.3 is 6.03 Å². The van der Waals surface area contributed by atoms with Gasteiger partial charge in [-0.05, 0) is 59.8 Å². The molecule has 1 N–H and O–H groups in total. The quantitative estimate of drug-likeness (QED) is 0.477. The molecule has 1 saturated heterocycles. The van der Waals surface area contributed by atoms with Crippen LogP contribution in [0.3, 0.4) is 0 Å². The van der Waals surface area contributed by atoms with E-state index in [1.807, 2.05) is 41.8 Å². The fourth-order valence-corrected chi connectivity index (χ4v) is 4.45. The van der Waals surface area contributed by atoms with Crippen molar-refractivity contribution in [1.82, 2.24) is 4.90 Å². The molecule has 2 aromatic carbocycles. The standard InChI is InChI=1S/C24H22ClN3O3S/c1-2-16-5-9-18(10-6-16)26-22(29)14-21-23(30)28(19-11-7-17(25)8-12-19)24(31)27(21)15-20-4-3-13-32-20/h3-13,21H,2,14-15H2,1H3,(H,26,29). The van der Waals surface area contributed by atoms with Crippen LogP contribution in [0.25, 0.3) is 0 Å². The number of imide groups is 1. The van der Waals surface area contributed by atoms with Crippen LogP contribution >= 0.6 is 22.9 Å². The van der Waals surface area contributed by atoms with Crippen molar-refractivity contribution in [2.45, 2.75) is 32.4 Å². The van der Waals surface area contributed by atoms with Gasteiger partial charge < -0.3 is 10.2 Å². The Kier molecular flexibility index (Phi) is 6.58. The Morgan fingerprint density at radius 2 is 1.78 bits per heavy atom. The van der Waals surface area contributed by atoms with Crippen molar-refractivity contribution in [2.24, 2.45) is 0 Å². The Morgan fingerprint density at radius 3 is 2.41 bits per heavy atom. The molecular weight excluding hydrogens is 446 g/mol. The molecule has 0 aliphatic carbocycles. The van der Waals surface area contributed by atoms with Crippen LogP contribution in [0.5, 0.6) is 0 Å². The number of amides is 4. The number of rotatable bonds is 7. The van der Waals surface area contributed by atoms with Gasteiger partial charge in [-0.15, -0.1) is 11.3 Å². The fourth-order valence-electron chi connectivity index (χ4n) is 3.62. The van der Waals surface area contributed by atoms with Gasteiger partial charge in [0.15, 0.2) is 0 Å². The fraction of sp³-hybridized carbons (Fsp3) is 0.208. The highest BCUT2D eigenvalue weighted by Gasteiger charge is 2.46. The van der Waals surface area contributed by atoms with Gasteiger partial charge in [-0.2, -0.15) is 0 Å². The summed E-state index contributed by atoms with van der Waals surface area (Å²) in [5, 5.41) is 5.26. The molecule has 0 spiro atoms. The molecule has 1 atom stereocenters. The van der Waals surface area contributed by atoms with Crippen molar-refractivity contribution in [1.29, 1.82) is 0 Å². The zero-order chi connectivity index (χ0) is 22.7. The van der Waals surface area contributed by atoms with E-state index in [4.69, 9.17) is 11.6 Å². The van der Waals surface area contributed by atoms with Crippen molar-refractivity contribution >= 4 is 52.2 Å². The summed E-state index contributed by atoms with van der Waals surface area (Å²) in [6.45, 7) is 2.32. The Labute approximate surface area is 195 Å². The lowest BCUT2D eigenvalue weighted by Crippen LogP contribution is -2.37. The zero-order valence-corrected chi connectivity index (χ0v) is 19.0. The lowest BCUT2D eigenvalue weighted by molar-refractivity contribution is -0.124. The lowest BCUT2D eigenvalue weighted by Gasteiger charge is -2.21. The molecule has 1 fully saturated rings. The number of nitrogens with zero attached hydrogens (tertiary/aromatic N) is 2. The highest BCUT2D eigenvalue weighted by Crippen LogP contribution is 2.30. The molecule has 4 rings (SSSR count). The van der Waals surface area contributed by atoms with Crippen molar-refractivity contribution < 1.29 is 14.4 Å². The summed E-state index contributed by atoms with van der Waals surface area (Å²) in [4.78, 5) is 42.8. The van der Waals surface area contributed by atoms with Crippen molar-refractivity contribution in [2.75, 3.05) is 10.2 Å². The number of hydrogen-bond donors (Lipinski definition) is 1. The summed E-state index contributed by atoms with van der Waals surface area (Å²) in [6, 6.07) is 16.5. The molecule has 32 heavy (non-hydrogen) atoms. The van der Waals surface area contributed by atoms with Crippen LogP contribution in [-0.4, -0.2) is 28.8 Å². The highest BCUT2D eigenvalue weighted by atomic mass is 35.5. The monoisotopic (exact) mass is 467 g/mol. The first-order valence-corrected chi connectivity index (χ1v) is 11.5. The van der Waals surface area contributed by atoms with E-state index in [0.717, 1.165) is 16.2 Å². The van der Waals surface area contributed by atoms with Crippen molar-refractivity contribution in [3.05, 3.63) is 81.5 Å². The van der Waals surface area contributed by atoms with E-state index in [2.05, 4.69) is 12.2 Å². The van der Waals surface area contributed by atoms with Gasteiger partial charge in [0.05, 0.1) is 18.7 Å². The Morgan fingerprint density at radius 1 is 1.06 bits per heavy atom. The molecule has 3 aromatic rings. The zero-order valence-electron chi connectivity index (χ0n) is 17.5. The normalized spacial score (nSPS) is 16.0. The van der Waals surface area contributed by atoms with Crippen LogP contribution in [0.1, 0.15) is 23.8 Å². The molecule has 164 valence electrons. The van der Waals surface area contributed by atoms with E-state index in [-0.39, 0.29) is 18.9 Å². The second kappa shape index (κ2) is 9.54. The molecule has 6 nitrogen and oxygen atoms in total. The second-order valence-electron chi connectivity index (χ2n) is 7.46. The van der Waals surface area contributed by atoms with Gasteiger partial charge in [-0.3, -0.25) is 9.59 Å². The average Bonchev–Trinajstić information content (AvgIpc) is 3.38. The van der Waals surface area contributed by atoms with Gasteiger partial charge in [-0.1, -0.05) is 36.7 Å². The third-order valence-electron chi connectivity index (χ3n) is 5.33. The molecule has 0 saturated carbocycles. The number of benzene rings is 2. The van der Waals surface area contributed by atoms with Crippen LogP contribution in [0.2, 0.25) is 5.02 Å². The lowest BCUT2D eigenvalue weighted by atomic mass is 10.1. The molecule has 0 bridgehead atoms. The summed E-state index contributed by atoms with van der Waals surface area (Å²) in [7, 11) is 0. The molecular formula is C24H22ClN3O3S. The first-order valence-electron chi connectivity index (χ1n) is 10.3. The van der Waals surface area contributed by atoms with Crippen LogP contribution < -0.4 is 10.2 Å². The summed E-state index contributed by atoms with van der Waals surface area (Å²) < 4.78 is 0. The first-order chi connectivity index (χ1) is 15.5. The van der Waals surface area contributed by atoms with E-state index >= 15 is 0 Å². The van der Waals surface area contributed by atoms with Gasteiger partial charge in [-0.25, -0.2) is 9.69 Å². The highest BCUT2D eigenvalue weighted by molar-refractivity contribution is 7.09. The van der Waals surface area contributed by atoms with Crippen LogP contribution in [-0.2, 0) is 22.6 Å². The van der Waals surface area contributed by atoms with Crippen molar-refractivity contribution in [3.8, 4) is 0 Å². The molecule has 1 aliphatic rings. The maximum atomic E-state index is 13.3. The maximum Gasteiger partial charge on any atom is 0.332 e. The maximum absolute atomic E-state index is 13.3. The Bertz CT molecular complexity index is 1110. The molecule has 1 aromatic heterocycles. The molecule has 0 radical (unpaired) electrons. The van der Waals surface area contributed by atoms with Gasteiger partial charge in [0.1, 0.15) is 6.04 Å². The van der Waals surface area contributed by atoms with E-state index < -0.39 is 18.0 Å². The topological polar surface area (TPSA) is 69.7 Å². The summed E-state index contributed by atoms with van der Waals surface area (Å²) in [6.07, 6.45) is 0.778. The number of hydrogen-bond acceptors (Lipinski definition) is 4. The van der Waals surface area contributed by atoms with Crippen molar-refractivity contribution in [3.63, 3.8) is 0 Å². The molecule has 1 unspecified atom stereocenters. The number of carbonyl (C=O) groups is 3. The SMILES string of the molecule is CCc1ccc(NC(=O)CC2C(=O)N(c3ccc(Cl)cc3)C(=O)N2Cc2cccs2)cc1. The van der Waals surface area contributed by atoms with Crippen LogP contribution in [0, 0.1) is 0 Å². The molecule has 1 aliphatic heterocycles. The summed E-state index contributed by atoms with van der Waals surface area (Å²) in [5.41, 5.74) is 2.25. The minimum Gasteiger partial charge on any atom is -0.326 e. The number of urea groups is 1. The number of nitrogens with one attached hydrogen (secondary N) is 1. The summed E-state index contributed by atoms with van der Waals surface area (Å²) >= 11 is 7.46. The summed E-state index contributed by atoms with van der Waals surface area (Å²) in [5.74, 6) is -0.750. The number of carbonyl (C=O) groups excluding carboxylic acids is 3. The molecule has 8 heteroatoms. The largest absolute Gasteiger partial charge is 0.332 e. The van der Waals surface area contributed by atoms with Gasteiger partial charge in [0.2, 0.25) is 5.91 Å². The third kappa shape index (κ3) is 4.69. The predicted octanol–water partition coefficient (Wildman–Crippen LogP) is 5.33. The number of thiophene rings is 1. The van der Waals surface area contributed by atoms with Gasteiger partial charge in [0.25, 0.3) is 5.91 Å². The van der Waals surface area contributed by atoms with E-state index in [9.17, 15) is 14.4 Å². The minimum absolute atomic E-state index is 0.129. The Hall–Kier alpha value is -3.16. The predicted molar refractivity (Wildman–Crippen MR) is 127 cm³/mol. The second-order valence-corrected chi connectivity index (χ2v) is 8.93. The van der Waals surface area contributed by atoms with Crippen LogP contribution in [0.4, 0.5) is 16.2 Å². The smallest absolute Gasteiger partial charge is 0.326 e. The third-order valence-corrected chi connectivity index (χ3v) is 6.45. The Balaban J connectivity index is 1.56. The van der Waals surface area contributed by atoms with E-state index in [1.165, 1.54) is 21.8 Å². The average molecular weight is 468 g/mol. The minimum atomic E-state index is -0.893. The number of aryl methyl sites for hydroxylation is 1. The van der Waals surface area contributed by atoms with Gasteiger partial charge in [0, 0.05) is 15.6 Å². The van der Waals surface area contributed by atoms with E-state index in [0.29, 0.717) is 16.4 Å².